The molecule has 3 rings (SSSR count). The molecular weight excluding hydrogens is 416 g/mol. The third kappa shape index (κ3) is 6.52. The molecular formula is C23H23ClN4O3. The number of ether oxygens (including phenoxy) is 1. The van der Waals surface area contributed by atoms with Crippen molar-refractivity contribution in [3.8, 4) is 5.75 Å². The Bertz CT molecular complexity index is 1080. The molecule has 0 aliphatic carbocycles. The van der Waals surface area contributed by atoms with Crippen molar-refractivity contribution < 1.29 is 14.3 Å². The van der Waals surface area contributed by atoms with Crippen LogP contribution in [0.2, 0.25) is 5.15 Å². The molecule has 2 amide bonds. The molecule has 0 spiro atoms. The van der Waals surface area contributed by atoms with Crippen LogP contribution in [-0.4, -0.2) is 36.2 Å². The minimum absolute atomic E-state index is 0.214. The number of carbonyl (C=O) groups excluding carboxylic acids is 2. The van der Waals surface area contributed by atoms with E-state index in [0.29, 0.717) is 23.5 Å². The molecule has 160 valence electrons. The van der Waals surface area contributed by atoms with E-state index in [9.17, 15) is 9.59 Å². The maximum absolute atomic E-state index is 12.2. The van der Waals surface area contributed by atoms with Gasteiger partial charge in [-0.1, -0.05) is 43.1 Å². The van der Waals surface area contributed by atoms with Gasteiger partial charge in [0.15, 0.2) is 0 Å². The van der Waals surface area contributed by atoms with Crippen LogP contribution in [0.5, 0.6) is 5.75 Å². The number of carbonyl (C=O) groups is 2. The lowest BCUT2D eigenvalue weighted by molar-refractivity contribution is -0.120. The summed E-state index contributed by atoms with van der Waals surface area (Å²) >= 11 is 6.15. The van der Waals surface area contributed by atoms with Crippen molar-refractivity contribution in [2.45, 2.75) is 19.8 Å². The van der Waals surface area contributed by atoms with Crippen molar-refractivity contribution in [3.63, 3.8) is 0 Å². The van der Waals surface area contributed by atoms with E-state index >= 15 is 0 Å². The zero-order valence-electron chi connectivity index (χ0n) is 17.1. The molecule has 0 bridgehead atoms. The van der Waals surface area contributed by atoms with E-state index in [1.165, 1.54) is 6.21 Å². The molecule has 1 heterocycles. The normalized spacial score (nSPS) is 10.9. The second kappa shape index (κ2) is 11.1. The van der Waals surface area contributed by atoms with E-state index in [1.807, 2.05) is 30.3 Å². The molecule has 0 radical (unpaired) electrons. The third-order valence-electron chi connectivity index (χ3n) is 4.39. The summed E-state index contributed by atoms with van der Waals surface area (Å²) in [6.07, 6.45) is 3.45. The first-order valence-electron chi connectivity index (χ1n) is 9.95. The molecule has 0 unspecified atom stereocenters. The van der Waals surface area contributed by atoms with Gasteiger partial charge in [-0.3, -0.25) is 9.59 Å². The van der Waals surface area contributed by atoms with Crippen LogP contribution in [0.4, 0.5) is 0 Å². The van der Waals surface area contributed by atoms with E-state index in [1.54, 1.807) is 24.3 Å². The van der Waals surface area contributed by atoms with E-state index in [2.05, 4.69) is 27.8 Å². The number of nitrogens with zero attached hydrogens (tertiary/aromatic N) is 2. The number of fused-ring (bicyclic) bond motifs is 1. The van der Waals surface area contributed by atoms with Crippen LogP contribution in [-0.2, 0) is 4.79 Å². The molecule has 0 saturated heterocycles. The highest BCUT2D eigenvalue weighted by Crippen LogP contribution is 2.18. The van der Waals surface area contributed by atoms with Gasteiger partial charge in [-0.2, -0.15) is 5.10 Å². The Morgan fingerprint density at radius 1 is 1.16 bits per heavy atom. The highest BCUT2D eigenvalue weighted by molar-refractivity contribution is 6.32. The minimum Gasteiger partial charge on any atom is -0.494 e. The van der Waals surface area contributed by atoms with Gasteiger partial charge in [0.1, 0.15) is 10.9 Å². The fraction of sp³-hybridized carbons (Fsp3) is 0.217. The smallest absolute Gasteiger partial charge is 0.259 e. The van der Waals surface area contributed by atoms with Gasteiger partial charge in [-0.15, -0.1) is 0 Å². The van der Waals surface area contributed by atoms with Crippen molar-refractivity contribution in [2.75, 3.05) is 13.2 Å². The first kappa shape index (κ1) is 22.2. The Labute approximate surface area is 185 Å². The van der Waals surface area contributed by atoms with Crippen molar-refractivity contribution in [2.24, 2.45) is 5.10 Å². The molecule has 7 nitrogen and oxygen atoms in total. The number of rotatable bonds is 9. The van der Waals surface area contributed by atoms with E-state index in [0.717, 1.165) is 23.7 Å². The van der Waals surface area contributed by atoms with Crippen LogP contribution >= 0.6 is 11.6 Å². The fourth-order valence-electron chi connectivity index (χ4n) is 2.71. The van der Waals surface area contributed by atoms with E-state index in [-0.39, 0.29) is 17.6 Å². The van der Waals surface area contributed by atoms with Gasteiger partial charge in [-0.05, 0) is 42.8 Å². The van der Waals surface area contributed by atoms with Crippen molar-refractivity contribution in [1.29, 1.82) is 0 Å². The summed E-state index contributed by atoms with van der Waals surface area (Å²) in [7, 11) is 0. The number of halogens is 1. The highest BCUT2D eigenvalue weighted by Gasteiger charge is 2.08. The maximum atomic E-state index is 12.2. The standard InChI is InChI=1S/C23H23ClN4O3/c1-2-3-12-31-19-10-8-16(9-11-19)23(30)25-15-21(29)28-26-14-18-13-17-6-4-5-7-20(17)27-22(18)24/h4-11,13-14H,2-3,12,15H2,1H3,(H,25,30)(H,28,29)/b26-14-. The molecule has 3 aromatic rings. The lowest BCUT2D eigenvalue weighted by atomic mass is 10.2. The number of para-hydroxylation sites is 1. The van der Waals surface area contributed by atoms with Crippen LogP contribution in [0.25, 0.3) is 10.9 Å². The van der Waals surface area contributed by atoms with E-state index in [4.69, 9.17) is 16.3 Å². The first-order chi connectivity index (χ1) is 15.1. The fourth-order valence-corrected chi connectivity index (χ4v) is 2.91. The predicted molar refractivity (Wildman–Crippen MR) is 122 cm³/mol. The van der Waals surface area contributed by atoms with Crippen molar-refractivity contribution in [3.05, 3.63) is 70.9 Å². The average molecular weight is 439 g/mol. The average Bonchev–Trinajstić information content (AvgIpc) is 2.78. The number of hydrogen-bond acceptors (Lipinski definition) is 5. The Kier molecular flexibility index (Phi) is 7.95. The van der Waals surface area contributed by atoms with Gasteiger partial charge in [0, 0.05) is 16.5 Å². The monoisotopic (exact) mass is 438 g/mol. The molecule has 8 heteroatoms. The van der Waals surface area contributed by atoms with Gasteiger partial charge >= 0.3 is 0 Å². The van der Waals surface area contributed by atoms with Crippen LogP contribution in [0.15, 0.2) is 59.7 Å². The summed E-state index contributed by atoms with van der Waals surface area (Å²) in [4.78, 5) is 28.4. The van der Waals surface area contributed by atoms with Gasteiger partial charge in [0.2, 0.25) is 0 Å². The molecule has 0 fully saturated rings. The quantitative estimate of drug-likeness (QED) is 0.229. The second-order valence-electron chi connectivity index (χ2n) is 6.76. The Hall–Kier alpha value is -3.45. The van der Waals surface area contributed by atoms with Crippen LogP contribution in [0.1, 0.15) is 35.7 Å². The van der Waals surface area contributed by atoms with Crippen LogP contribution in [0, 0.1) is 0 Å². The number of pyridine rings is 1. The number of amides is 2. The zero-order chi connectivity index (χ0) is 22.1. The van der Waals surface area contributed by atoms with Gasteiger partial charge in [-0.25, -0.2) is 10.4 Å². The molecule has 2 aromatic carbocycles. The lowest BCUT2D eigenvalue weighted by Gasteiger charge is -2.07. The maximum Gasteiger partial charge on any atom is 0.259 e. The SMILES string of the molecule is CCCCOc1ccc(C(=O)NCC(=O)N/N=C\c2cc3ccccc3nc2Cl)cc1. The molecule has 0 aliphatic rings. The lowest BCUT2D eigenvalue weighted by Crippen LogP contribution is -2.34. The topological polar surface area (TPSA) is 92.7 Å². The van der Waals surface area contributed by atoms with Crippen molar-refractivity contribution in [1.82, 2.24) is 15.7 Å². The summed E-state index contributed by atoms with van der Waals surface area (Å²) in [6.45, 7) is 2.52. The molecule has 2 N–H and O–H groups in total. The molecule has 1 aromatic heterocycles. The summed E-state index contributed by atoms with van der Waals surface area (Å²) < 4.78 is 5.57. The summed E-state index contributed by atoms with van der Waals surface area (Å²) in [5.74, 6) is -0.117. The summed E-state index contributed by atoms with van der Waals surface area (Å²) in [5, 5.41) is 7.64. The summed E-state index contributed by atoms with van der Waals surface area (Å²) in [5.41, 5.74) is 4.15. The predicted octanol–water partition coefficient (Wildman–Crippen LogP) is 3.95. The number of hydrazone groups is 1. The largest absolute Gasteiger partial charge is 0.494 e. The number of hydrogen-bond donors (Lipinski definition) is 2. The molecule has 0 aliphatic heterocycles. The molecule has 31 heavy (non-hydrogen) atoms. The molecule has 0 atom stereocenters. The first-order valence-corrected chi connectivity index (χ1v) is 10.3. The number of unbranched alkanes of at least 4 members (excludes halogenated alkanes) is 1. The minimum atomic E-state index is -0.464. The molecule has 0 saturated carbocycles. The Morgan fingerprint density at radius 3 is 2.71 bits per heavy atom. The third-order valence-corrected chi connectivity index (χ3v) is 4.69. The van der Waals surface area contributed by atoms with Gasteiger partial charge in [0.25, 0.3) is 11.8 Å². The Balaban J connectivity index is 1.47. The van der Waals surface area contributed by atoms with Crippen molar-refractivity contribution >= 4 is 40.5 Å². The number of nitrogens with one attached hydrogen (secondary N) is 2. The van der Waals surface area contributed by atoms with Gasteiger partial charge in [0.05, 0.1) is 24.9 Å². The second-order valence-corrected chi connectivity index (χ2v) is 7.12. The number of benzene rings is 2. The highest BCUT2D eigenvalue weighted by atomic mass is 35.5. The summed E-state index contributed by atoms with van der Waals surface area (Å²) in [6, 6.07) is 16.2. The van der Waals surface area contributed by atoms with Crippen LogP contribution < -0.4 is 15.5 Å². The Morgan fingerprint density at radius 2 is 1.94 bits per heavy atom. The van der Waals surface area contributed by atoms with E-state index < -0.39 is 5.91 Å². The van der Waals surface area contributed by atoms with Crippen LogP contribution in [0.3, 0.4) is 0 Å². The zero-order valence-corrected chi connectivity index (χ0v) is 17.9. The van der Waals surface area contributed by atoms with Gasteiger partial charge < -0.3 is 10.1 Å². The number of aromatic nitrogens is 1.